The van der Waals surface area contributed by atoms with E-state index >= 15 is 0 Å². The summed E-state index contributed by atoms with van der Waals surface area (Å²) in [5.41, 5.74) is 0. The lowest BCUT2D eigenvalue weighted by atomic mass is 10.3. The molecule has 16 heavy (non-hydrogen) atoms. The molecule has 0 radical (unpaired) electrons. The van der Waals surface area contributed by atoms with E-state index in [2.05, 4.69) is 0 Å². The highest BCUT2D eigenvalue weighted by molar-refractivity contribution is 8.00. The van der Waals surface area contributed by atoms with Crippen molar-refractivity contribution in [3.8, 4) is 5.75 Å². The summed E-state index contributed by atoms with van der Waals surface area (Å²) in [7, 11) is -2.83. The molecule has 1 aromatic rings. The fourth-order valence-electron chi connectivity index (χ4n) is 1.05. The Bertz CT molecular complexity index is 387. The van der Waals surface area contributed by atoms with Gasteiger partial charge in [0.15, 0.2) is 0 Å². The van der Waals surface area contributed by atoms with Gasteiger partial charge in [-0.2, -0.15) is 11.8 Å². The molecule has 0 atom stereocenters. The normalized spacial score (nSPS) is 11.3. The highest BCUT2D eigenvalue weighted by Crippen LogP contribution is 2.09. The monoisotopic (exact) mass is 260 g/mol. The van der Waals surface area contributed by atoms with Crippen molar-refractivity contribution >= 4 is 21.6 Å². The molecule has 0 bridgehead atoms. The average Bonchev–Trinajstić information content (AvgIpc) is 2.23. The van der Waals surface area contributed by atoms with Crippen LogP contribution in [0.25, 0.3) is 0 Å². The molecule has 0 aromatic heterocycles. The number of sulfone groups is 1. The maximum atomic E-state index is 10.8. The van der Waals surface area contributed by atoms with Crippen LogP contribution in [-0.2, 0) is 9.84 Å². The van der Waals surface area contributed by atoms with E-state index in [-0.39, 0.29) is 5.75 Å². The van der Waals surface area contributed by atoms with Crippen molar-refractivity contribution in [1.82, 2.24) is 0 Å². The molecule has 0 amide bonds. The number of ether oxygens (including phenoxy) is 1. The van der Waals surface area contributed by atoms with Gasteiger partial charge in [-0.25, -0.2) is 8.42 Å². The number of benzene rings is 1. The number of hydrogen-bond acceptors (Lipinski definition) is 4. The van der Waals surface area contributed by atoms with Crippen molar-refractivity contribution in [2.45, 2.75) is 0 Å². The molecule has 1 aromatic carbocycles. The smallest absolute Gasteiger partial charge is 0.148 e. The van der Waals surface area contributed by atoms with Crippen LogP contribution in [0.1, 0.15) is 0 Å². The van der Waals surface area contributed by atoms with Crippen molar-refractivity contribution in [2.75, 3.05) is 30.1 Å². The lowest BCUT2D eigenvalue weighted by Gasteiger charge is -2.05. The van der Waals surface area contributed by atoms with Gasteiger partial charge in [0.2, 0.25) is 0 Å². The third-order valence-corrected chi connectivity index (χ3v) is 3.99. The fraction of sp³-hybridized carbons (Fsp3) is 0.455. The molecule has 0 aliphatic heterocycles. The molecule has 0 saturated carbocycles. The van der Waals surface area contributed by atoms with Gasteiger partial charge in [-0.15, -0.1) is 0 Å². The fourth-order valence-corrected chi connectivity index (χ4v) is 3.14. The predicted molar refractivity (Wildman–Crippen MR) is 69.0 cm³/mol. The summed E-state index contributed by atoms with van der Waals surface area (Å²) in [5.74, 6) is 2.54. The van der Waals surface area contributed by atoms with Crippen LogP contribution in [0, 0.1) is 0 Å². The summed E-state index contributed by atoms with van der Waals surface area (Å²) in [6.07, 6.45) is 1.26. The van der Waals surface area contributed by atoms with Gasteiger partial charge in [0.25, 0.3) is 0 Å². The minimum Gasteiger partial charge on any atom is -0.493 e. The van der Waals surface area contributed by atoms with Gasteiger partial charge < -0.3 is 4.74 Å². The van der Waals surface area contributed by atoms with E-state index in [0.717, 1.165) is 11.5 Å². The van der Waals surface area contributed by atoms with Crippen molar-refractivity contribution < 1.29 is 13.2 Å². The Kier molecular flexibility index (Phi) is 5.69. The van der Waals surface area contributed by atoms with E-state index in [9.17, 15) is 8.42 Å². The number of rotatable bonds is 7. The van der Waals surface area contributed by atoms with E-state index in [4.69, 9.17) is 4.74 Å². The molecule has 90 valence electrons. The van der Waals surface area contributed by atoms with Crippen LogP contribution >= 0.6 is 11.8 Å². The molecule has 0 heterocycles. The van der Waals surface area contributed by atoms with E-state index in [1.165, 1.54) is 6.26 Å². The Morgan fingerprint density at radius 2 is 1.88 bits per heavy atom. The molecule has 0 spiro atoms. The lowest BCUT2D eigenvalue weighted by Crippen LogP contribution is -2.07. The SMILES string of the molecule is CS(=O)(=O)CCSCCOc1ccccc1. The van der Waals surface area contributed by atoms with Crippen LogP contribution in [0.15, 0.2) is 30.3 Å². The molecule has 0 aliphatic carbocycles. The van der Waals surface area contributed by atoms with E-state index in [1.54, 1.807) is 11.8 Å². The first-order valence-corrected chi connectivity index (χ1v) is 8.23. The Morgan fingerprint density at radius 3 is 2.50 bits per heavy atom. The lowest BCUT2D eigenvalue weighted by molar-refractivity contribution is 0.344. The summed E-state index contributed by atoms with van der Waals surface area (Å²) in [6.45, 7) is 0.610. The highest BCUT2D eigenvalue weighted by atomic mass is 32.2. The summed E-state index contributed by atoms with van der Waals surface area (Å²) in [6, 6.07) is 9.59. The zero-order valence-corrected chi connectivity index (χ0v) is 10.9. The molecule has 3 nitrogen and oxygen atoms in total. The van der Waals surface area contributed by atoms with Gasteiger partial charge in [0, 0.05) is 17.8 Å². The molecular weight excluding hydrogens is 244 g/mol. The summed E-state index contributed by atoms with van der Waals surface area (Å²) in [5, 5.41) is 0. The minimum absolute atomic E-state index is 0.239. The second-order valence-corrected chi connectivity index (χ2v) is 6.89. The van der Waals surface area contributed by atoms with Gasteiger partial charge in [-0.05, 0) is 12.1 Å². The van der Waals surface area contributed by atoms with Gasteiger partial charge in [-0.3, -0.25) is 0 Å². The maximum absolute atomic E-state index is 10.8. The van der Waals surface area contributed by atoms with Gasteiger partial charge in [0.1, 0.15) is 15.6 Å². The first kappa shape index (κ1) is 13.4. The topological polar surface area (TPSA) is 43.4 Å². The Morgan fingerprint density at radius 1 is 1.19 bits per heavy atom. The van der Waals surface area contributed by atoms with E-state index in [0.29, 0.717) is 12.4 Å². The van der Waals surface area contributed by atoms with Crippen molar-refractivity contribution in [1.29, 1.82) is 0 Å². The van der Waals surface area contributed by atoms with Gasteiger partial charge in [0.05, 0.1) is 12.4 Å². The summed E-state index contributed by atoms with van der Waals surface area (Å²) in [4.78, 5) is 0. The zero-order chi connectivity index (χ0) is 11.9. The third-order valence-electron chi connectivity index (χ3n) is 1.84. The molecule has 0 fully saturated rings. The molecule has 0 saturated heterocycles. The van der Waals surface area contributed by atoms with Crippen LogP contribution in [-0.4, -0.2) is 38.5 Å². The maximum Gasteiger partial charge on any atom is 0.148 e. The average molecular weight is 260 g/mol. The molecule has 0 unspecified atom stereocenters. The van der Waals surface area contributed by atoms with E-state index < -0.39 is 9.84 Å². The highest BCUT2D eigenvalue weighted by Gasteiger charge is 2.01. The Balaban J connectivity index is 2.05. The van der Waals surface area contributed by atoms with Gasteiger partial charge in [-0.1, -0.05) is 18.2 Å². The quantitative estimate of drug-likeness (QED) is 0.702. The van der Waals surface area contributed by atoms with Crippen molar-refractivity contribution in [3.63, 3.8) is 0 Å². The first-order chi connectivity index (χ1) is 7.58. The second kappa shape index (κ2) is 6.81. The molecule has 5 heteroatoms. The summed E-state index contributed by atoms with van der Waals surface area (Å²) < 4.78 is 27.1. The van der Waals surface area contributed by atoms with E-state index in [1.807, 2.05) is 30.3 Å². The Labute approximate surface area is 101 Å². The number of hydrogen-bond donors (Lipinski definition) is 0. The van der Waals surface area contributed by atoms with Crippen molar-refractivity contribution in [2.24, 2.45) is 0 Å². The molecule has 0 N–H and O–H groups in total. The van der Waals surface area contributed by atoms with Crippen LogP contribution < -0.4 is 4.74 Å². The zero-order valence-electron chi connectivity index (χ0n) is 9.26. The van der Waals surface area contributed by atoms with Crippen LogP contribution in [0.5, 0.6) is 5.75 Å². The van der Waals surface area contributed by atoms with Gasteiger partial charge >= 0.3 is 0 Å². The number of para-hydroxylation sites is 1. The second-order valence-electron chi connectivity index (χ2n) is 3.40. The molecule has 0 aliphatic rings. The molecule has 1 rings (SSSR count). The van der Waals surface area contributed by atoms with Crippen LogP contribution in [0.3, 0.4) is 0 Å². The Hall–Kier alpha value is -0.680. The first-order valence-electron chi connectivity index (χ1n) is 5.01. The van der Waals surface area contributed by atoms with Crippen molar-refractivity contribution in [3.05, 3.63) is 30.3 Å². The van der Waals surface area contributed by atoms with Crippen LogP contribution in [0.4, 0.5) is 0 Å². The van der Waals surface area contributed by atoms with Crippen LogP contribution in [0.2, 0.25) is 0 Å². The standard InChI is InChI=1S/C11H16O3S2/c1-16(12,13)10-9-15-8-7-14-11-5-3-2-4-6-11/h2-6H,7-10H2,1H3. The largest absolute Gasteiger partial charge is 0.493 e. The third kappa shape index (κ3) is 6.74. The predicted octanol–water partition coefficient (Wildman–Crippen LogP) is 1.84. The number of thioether (sulfide) groups is 1. The summed E-state index contributed by atoms with van der Waals surface area (Å²) >= 11 is 1.60. The molecular formula is C11H16O3S2. The minimum atomic E-state index is -2.83.